The number of fused-ring (bicyclic) bond motifs is 6. The quantitative estimate of drug-likeness (QED) is 0.0408. The van der Waals surface area contributed by atoms with Crippen molar-refractivity contribution in [1.29, 1.82) is 0 Å². The Balaban J connectivity index is 1.17. The number of carbonyl (C=O) groups excluding carboxylic acids is 2. The number of ether oxygens (including phenoxy) is 5. The minimum atomic E-state index is -0.779. The van der Waals surface area contributed by atoms with Gasteiger partial charge in [-0.2, -0.15) is 0 Å². The molecule has 0 fully saturated rings. The molecule has 13 rings (SSSR count). The smallest absolute Gasteiger partial charge is 0.346 e. The van der Waals surface area contributed by atoms with Crippen molar-refractivity contribution in [2.24, 2.45) is 21.7 Å². The maximum atomic E-state index is 14.8. The number of cyclic esters (lactones) is 2. The highest BCUT2D eigenvalue weighted by Gasteiger charge is 2.39. The van der Waals surface area contributed by atoms with Gasteiger partial charge in [-0.05, 0) is 212 Å². The second-order valence-corrected chi connectivity index (χ2v) is 35.9. The van der Waals surface area contributed by atoms with Crippen LogP contribution in [0.15, 0.2) is 133 Å². The predicted octanol–water partition coefficient (Wildman–Crippen LogP) is 25.1. The Morgan fingerprint density at radius 3 is 0.990 bits per heavy atom. The van der Waals surface area contributed by atoms with Crippen molar-refractivity contribution in [3.63, 3.8) is 0 Å². The summed E-state index contributed by atoms with van der Waals surface area (Å²) in [7, 11) is 0. The number of hydrogen-bond donors (Lipinski definition) is 0. The summed E-state index contributed by atoms with van der Waals surface area (Å²) >= 11 is 0. The van der Waals surface area contributed by atoms with Gasteiger partial charge in [0.15, 0.2) is 0 Å². The molecule has 11 aromatic rings. The monoisotopic (exact) mass is 1290 g/mol. The lowest BCUT2D eigenvalue weighted by Gasteiger charge is -2.33. The Bertz CT molecular complexity index is 4820. The summed E-state index contributed by atoms with van der Waals surface area (Å²) in [6.45, 7) is 50.6. The lowest BCUT2D eigenvalue weighted by molar-refractivity contribution is 0.0390. The van der Waals surface area contributed by atoms with Gasteiger partial charge in [-0.1, -0.05) is 187 Å². The Morgan fingerprint density at radius 2 is 0.660 bits per heavy atom. The predicted molar refractivity (Wildman–Crippen MR) is 399 cm³/mol. The van der Waals surface area contributed by atoms with Crippen LogP contribution in [0, 0.1) is 35.5 Å². The number of carbonyl (C=O) groups is 2. The Morgan fingerprint density at radius 1 is 0.361 bits per heavy atom. The number of aryl methyl sites for hydroxylation is 2. The van der Waals surface area contributed by atoms with E-state index in [1.807, 2.05) is 24.3 Å². The van der Waals surface area contributed by atoms with E-state index >= 15 is 0 Å². The van der Waals surface area contributed by atoms with Crippen LogP contribution in [0.3, 0.4) is 0 Å². The molecule has 10 aromatic carbocycles. The molecule has 0 aliphatic carbocycles. The van der Waals surface area contributed by atoms with Crippen LogP contribution in [0.5, 0.6) is 46.0 Å². The Kier molecular flexibility index (Phi) is 15.8. The minimum absolute atomic E-state index is 0.0842. The van der Waals surface area contributed by atoms with E-state index in [-0.39, 0.29) is 54.4 Å². The number of aromatic nitrogens is 2. The van der Waals surface area contributed by atoms with Gasteiger partial charge in [0.1, 0.15) is 51.8 Å². The summed E-state index contributed by atoms with van der Waals surface area (Å²) < 4.78 is 38.1. The first-order chi connectivity index (χ1) is 45.1. The van der Waals surface area contributed by atoms with E-state index in [2.05, 4.69) is 254 Å². The molecule has 0 saturated carbocycles. The third-order valence-corrected chi connectivity index (χ3v) is 20.1. The van der Waals surface area contributed by atoms with Crippen molar-refractivity contribution in [3.05, 3.63) is 184 Å². The van der Waals surface area contributed by atoms with Gasteiger partial charge in [0, 0.05) is 43.3 Å². The van der Waals surface area contributed by atoms with Crippen molar-refractivity contribution in [3.8, 4) is 57.4 Å². The van der Waals surface area contributed by atoms with E-state index in [0.29, 0.717) is 84.9 Å². The summed E-state index contributed by atoms with van der Waals surface area (Å²) in [6, 6.07) is 46.0. The highest BCUT2D eigenvalue weighted by Crippen LogP contribution is 2.59. The zero-order valence-corrected chi connectivity index (χ0v) is 61.5. The molecule has 0 saturated heterocycles. The van der Waals surface area contributed by atoms with Crippen LogP contribution >= 0.6 is 0 Å². The van der Waals surface area contributed by atoms with Crippen LogP contribution in [0.2, 0.25) is 0 Å². The SMILES string of the molecule is Cc1cc2nc3n(c2cc1C)Cc1cc(Oc2ccc(C(C)(C)CC(C)(C)C)cc2)c2c4c(Oc5ccc(C(C)(C)CC(C)(C)C)cc5)cc5c6c(cc(Oc7ccc(C(C)(C)CC(C)(C)C)cc7)c(c7c(Oc8ccc(C(C)(C)CC(C)(C)C)cc8)cc-3c1c27)c64)C(=O)OC5=O. The average molecular weight is 1300 g/mol. The summed E-state index contributed by atoms with van der Waals surface area (Å²) in [5.41, 5.74) is 11.1. The second kappa shape index (κ2) is 23.0. The highest BCUT2D eigenvalue weighted by atomic mass is 16.6. The maximum Gasteiger partial charge on any atom is 0.346 e. The average Bonchev–Trinajstić information content (AvgIpc) is 1.38. The van der Waals surface area contributed by atoms with E-state index in [1.54, 1.807) is 12.1 Å². The summed E-state index contributed by atoms with van der Waals surface area (Å²) in [6.07, 6.45) is 3.88. The molecule has 0 amide bonds. The molecule has 2 aliphatic rings. The van der Waals surface area contributed by atoms with E-state index < -0.39 is 11.9 Å². The third kappa shape index (κ3) is 12.7. The van der Waals surface area contributed by atoms with E-state index in [9.17, 15) is 9.59 Å². The van der Waals surface area contributed by atoms with Crippen molar-refractivity contribution < 1.29 is 33.3 Å². The van der Waals surface area contributed by atoms with Gasteiger partial charge in [0.05, 0.1) is 28.7 Å². The highest BCUT2D eigenvalue weighted by molar-refractivity contribution is 6.42. The van der Waals surface area contributed by atoms with Crippen LogP contribution in [-0.4, -0.2) is 21.5 Å². The lowest BCUT2D eigenvalue weighted by atomic mass is 9.72. The molecular weight excluding hydrogens is 1200 g/mol. The number of esters is 2. The summed E-state index contributed by atoms with van der Waals surface area (Å²) in [5, 5.41) is 5.41. The molecule has 3 heterocycles. The van der Waals surface area contributed by atoms with Crippen LogP contribution in [0.4, 0.5) is 0 Å². The molecule has 9 nitrogen and oxygen atoms in total. The molecule has 97 heavy (non-hydrogen) atoms. The topological polar surface area (TPSA) is 98.1 Å². The van der Waals surface area contributed by atoms with Crippen LogP contribution in [-0.2, 0) is 32.9 Å². The zero-order chi connectivity index (χ0) is 69.8. The van der Waals surface area contributed by atoms with E-state index in [0.717, 1.165) is 70.0 Å². The number of rotatable bonds is 16. The number of imidazole rings is 1. The molecule has 0 atom stereocenters. The molecule has 9 heteroatoms. The minimum Gasteiger partial charge on any atom is -0.457 e. The molecule has 0 radical (unpaired) electrons. The summed E-state index contributed by atoms with van der Waals surface area (Å²) in [5.74, 6) is 3.43. The van der Waals surface area contributed by atoms with Gasteiger partial charge >= 0.3 is 11.9 Å². The fourth-order valence-electron chi connectivity index (χ4n) is 17.4. The number of hydrogen-bond acceptors (Lipinski definition) is 8. The molecule has 1 aromatic heterocycles. The number of benzene rings is 10. The Labute approximate surface area is 574 Å². The molecule has 502 valence electrons. The van der Waals surface area contributed by atoms with Crippen LogP contribution < -0.4 is 18.9 Å². The molecule has 0 N–H and O–H groups in total. The van der Waals surface area contributed by atoms with Crippen molar-refractivity contribution in [2.45, 2.75) is 206 Å². The third-order valence-electron chi connectivity index (χ3n) is 20.1. The molecule has 0 unspecified atom stereocenters. The van der Waals surface area contributed by atoms with Gasteiger partial charge in [0.25, 0.3) is 0 Å². The second-order valence-electron chi connectivity index (χ2n) is 35.9. The van der Waals surface area contributed by atoms with Gasteiger partial charge in [-0.25, -0.2) is 14.6 Å². The summed E-state index contributed by atoms with van der Waals surface area (Å²) in [4.78, 5) is 35.2. The fraction of sp³-hybridized carbons (Fsp3) is 0.398. The lowest BCUT2D eigenvalue weighted by Crippen LogP contribution is -2.24. The number of nitrogens with zero attached hydrogens (tertiary/aromatic N) is 2. The largest absolute Gasteiger partial charge is 0.457 e. The van der Waals surface area contributed by atoms with Crippen molar-refractivity contribution in [1.82, 2.24) is 9.55 Å². The molecule has 0 spiro atoms. The van der Waals surface area contributed by atoms with Crippen LogP contribution in [0.1, 0.15) is 224 Å². The van der Waals surface area contributed by atoms with Gasteiger partial charge in [-0.15, -0.1) is 0 Å². The van der Waals surface area contributed by atoms with E-state index in [1.165, 1.54) is 27.8 Å². The normalized spacial score (nSPS) is 14.1. The first kappa shape index (κ1) is 66.9. The van der Waals surface area contributed by atoms with Crippen molar-refractivity contribution in [2.75, 3.05) is 0 Å². The first-order valence-corrected chi connectivity index (χ1v) is 34.8. The van der Waals surface area contributed by atoms with Gasteiger partial charge in [-0.3, -0.25) is 0 Å². The molecule has 2 aliphatic heterocycles. The standard InChI is InChI=1S/C88H98N2O7/c1-50-39-64-65(40-51(50)2)90-45-52-41-66(93-57-31-23-53(24-32-57)85(15,16)46-81(3,4)5)72-74-68(95-59-35-27-55(28-36-59)87(19,20)48-83(9,10)11)43-62-71-63(80(92)97-79(62)91)44-69(96-60-37-29-56(30-38-60)88(21,22)49-84(12,13)14)75(77(71)74)73-67(42-61(78(90)89-64)70(52)76(72)73)94-58-33-25-54(26-34-58)86(17,18)47-82(6,7)8/h23-44H,45-49H2,1-22H3. The van der Waals surface area contributed by atoms with Crippen LogP contribution in [0.25, 0.3) is 65.5 Å². The van der Waals surface area contributed by atoms with E-state index in [4.69, 9.17) is 28.7 Å². The van der Waals surface area contributed by atoms with Crippen molar-refractivity contribution >= 4 is 66.1 Å². The van der Waals surface area contributed by atoms with Gasteiger partial charge < -0.3 is 28.3 Å². The zero-order valence-electron chi connectivity index (χ0n) is 61.5. The molecular formula is C88H98N2O7. The first-order valence-electron chi connectivity index (χ1n) is 34.8. The Hall–Kier alpha value is -8.69. The molecule has 0 bridgehead atoms. The maximum absolute atomic E-state index is 14.8. The van der Waals surface area contributed by atoms with Gasteiger partial charge in [0.2, 0.25) is 0 Å². The fourth-order valence-corrected chi connectivity index (χ4v) is 17.4.